The van der Waals surface area contributed by atoms with Crippen molar-refractivity contribution in [2.75, 3.05) is 0 Å². The summed E-state index contributed by atoms with van der Waals surface area (Å²) in [5, 5.41) is 4.36. The first kappa shape index (κ1) is 28.2. The van der Waals surface area contributed by atoms with Crippen LogP contribution in [0.25, 0.3) is 94.7 Å². The molecule has 0 saturated carbocycles. The lowest BCUT2D eigenvalue weighted by Crippen LogP contribution is -2.00. The van der Waals surface area contributed by atoms with Crippen LogP contribution >= 0.6 is 0 Å². The molecule has 3 aromatic heterocycles. The van der Waals surface area contributed by atoms with Gasteiger partial charge in [0.25, 0.3) is 0 Å². The molecular formula is C45H28N4O. The Morgan fingerprint density at radius 3 is 1.66 bits per heavy atom. The van der Waals surface area contributed by atoms with Crippen LogP contribution < -0.4 is 0 Å². The minimum absolute atomic E-state index is 0.597. The molecule has 0 bridgehead atoms. The lowest BCUT2D eigenvalue weighted by molar-refractivity contribution is 0.670. The second-order valence-corrected chi connectivity index (χ2v) is 12.4. The fraction of sp³-hybridized carbons (Fsp3) is 0. The Labute approximate surface area is 287 Å². The molecule has 50 heavy (non-hydrogen) atoms. The van der Waals surface area contributed by atoms with E-state index in [0.29, 0.717) is 17.5 Å². The molecule has 0 saturated heterocycles. The Bertz CT molecular complexity index is 2800. The third-order valence-corrected chi connectivity index (χ3v) is 9.47. The minimum atomic E-state index is 0.597. The van der Waals surface area contributed by atoms with Gasteiger partial charge >= 0.3 is 0 Å². The third-order valence-electron chi connectivity index (χ3n) is 9.47. The monoisotopic (exact) mass is 640 g/mol. The topological polar surface area (TPSA) is 56.7 Å². The second-order valence-electron chi connectivity index (χ2n) is 12.4. The quantitative estimate of drug-likeness (QED) is 0.188. The summed E-state index contributed by atoms with van der Waals surface area (Å²) < 4.78 is 9.15. The van der Waals surface area contributed by atoms with E-state index in [-0.39, 0.29) is 0 Å². The van der Waals surface area contributed by atoms with Crippen LogP contribution in [0.5, 0.6) is 0 Å². The van der Waals surface area contributed by atoms with Gasteiger partial charge in [-0.2, -0.15) is 0 Å². The molecule has 0 aliphatic rings. The molecule has 0 aliphatic heterocycles. The van der Waals surface area contributed by atoms with Crippen LogP contribution in [-0.2, 0) is 0 Å². The number of hydrogen-bond donors (Lipinski definition) is 0. The number of aromatic nitrogens is 4. The molecule has 5 nitrogen and oxygen atoms in total. The van der Waals surface area contributed by atoms with Gasteiger partial charge in [0.1, 0.15) is 11.2 Å². The first-order chi connectivity index (χ1) is 24.8. The van der Waals surface area contributed by atoms with E-state index in [1.54, 1.807) is 0 Å². The summed E-state index contributed by atoms with van der Waals surface area (Å²) in [5.74, 6) is 1.84. The van der Waals surface area contributed by atoms with E-state index in [4.69, 9.17) is 19.4 Å². The number of fused-ring (bicyclic) bond motifs is 6. The molecule has 0 amide bonds. The van der Waals surface area contributed by atoms with Gasteiger partial charge in [-0.3, -0.25) is 0 Å². The molecule has 0 fully saturated rings. The summed E-state index contributed by atoms with van der Waals surface area (Å²) in [6.07, 6.45) is 0. The zero-order valence-electron chi connectivity index (χ0n) is 26.9. The van der Waals surface area contributed by atoms with Crippen molar-refractivity contribution < 1.29 is 4.42 Å². The van der Waals surface area contributed by atoms with Gasteiger partial charge < -0.3 is 8.98 Å². The molecule has 0 radical (unpaired) electrons. The van der Waals surface area contributed by atoms with E-state index >= 15 is 0 Å². The minimum Gasteiger partial charge on any atom is -0.455 e. The maximum absolute atomic E-state index is 6.80. The van der Waals surface area contributed by atoms with Crippen LogP contribution in [0.3, 0.4) is 0 Å². The van der Waals surface area contributed by atoms with Gasteiger partial charge in [-0.1, -0.05) is 127 Å². The molecule has 0 spiro atoms. The maximum Gasteiger partial charge on any atom is 0.164 e. The molecule has 0 unspecified atom stereocenters. The average Bonchev–Trinajstić information content (AvgIpc) is 3.75. The van der Waals surface area contributed by atoms with E-state index in [1.165, 1.54) is 10.8 Å². The summed E-state index contributed by atoms with van der Waals surface area (Å²) in [5.41, 5.74) is 9.91. The lowest BCUT2D eigenvalue weighted by atomic mass is 9.95. The zero-order valence-corrected chi connectivity index (χ0v) is 26.9. The smallest absolute Gasteiger partial charge is 0.164 e. The van der Waals surface area contributed by atoms with Crippen LogP contribution in [-0.4, -0.2) is 19.5 Å². The highest BCUT2D eigenvalue weighted by Crippen LogP contribution is 2.45. The lowest BCUT2D eigenvalue weighted by Gasteiger charge is -2.12. The van der Waals surface area contributed by atoms with Gasteiger partial charge in [0.05, 0.1) is 11.0 Å². The van der Waals surface area contributed by atoms with E-state index in [9.17, 15) is 0 Å². The summed E-state index contributed by atoms with van der Waals surface area (Å²) in [6, 6.07) is 58.4. The summed E-state index contributed by atoms with van der Waals surface area (Å²) in [4.78, 5) is 15.1. The van der Waals surface area contributed by atoms with E-state index in [1.807, 2.05) is 72.8 Å². The molecule has 10 aromatic rings. The van der Waals surface area contributed by atoms with Crippen molar-refractivity contribution in [1.82, 2.24) is 19.5 Å². The van der Waals surface area contributed by atoms with Crippen molar-refractivity contribution in [2.45, 2.75) is 0 Å². The van der Waals surface area contributed by atoms with Crippen molar-refractivity contribution in [2.24, 2.45) is 0 Å². The van der Waals surface area contributed by atoms with Crippen molar-refractivity contribution in [1.29, 1.82) is 0 Å². The SMILES string of the molecule is c1ccc(-c2nc(-c3ccccc3)nc(-c3ccc(-c4cccc5c4c4ccccc4n5-c4ccccc4)c4oc5ccccc5c34)n2)cc1. The number of furan rings is 1. The Kier molecular flexibility index (Phi) is 6.42. The summed E-state index contributed by atoms with van der Waals surface area (Å²) >= 11 is 0. The molecule has 7 aromatic carbocycles. The summed E-state index contributed by atoms with van der Waals surface area (Å²) in [7, 11) is 0. The van der Waals surface area contributed by atoms with Crippen molar-refractivity contribution in [3.05, 3.63) is 170 Å². The van der Waals surface area contributed by atoms with Gasteiger partial charge in [-0.15, -0.1) is 0 Å². The standard InChI is InChI=1S/C45H28N4O/c1-4-15-29(16-5-1)43-46-44(30-17-6-2-7-18-30)48-45(47-43)36-28-27-33(42-41(36)35-22-11-13-26-39(35)50-42)32-23-14-25-38-40(32)34-21-10-12-24-37(34)49(38)31-19-8-3-9-20-31/h1-28H. The second kappa shape index (κ2) is 11.4. The predicted octanol–water partition coefficient (Wildman–Crippen LogP) is 11.5. The first-order valence-electron chi connectivity index (χ1n) is 16.7. The van der Waals surface area contributed by atoms with Gasteiger partial charge in [-0.05, 0) is 48.0 Å². The van der Waals surface area contributed by atoms with Crippen molar-refractivity contribution in [3.8, 4) is 51.0 Å². The third kappa shape index (κ3) is 4.45. The predicted molar refractivity (Wildman–Crippen MR) is 203 cm³/mol. The molecule has 0 N–H and O–H groups in total. The van der Waals surface area contributed by atoms with Crippen molar-refractivity contribution >= 4 is 43.7 Å². The number of hydrogen-bond acceptors (Lipinski definition) is 4. The van der Waals surface area contributed by atoms with Gasteiger partial charge in [0.2, 0.25) is 0 Å². The number of para-hydroxylation sites is 3. The Balaban J connectivity index is 1.27. The highest BCUT2D eigenvalue weighted by atomic mass is 16.3. The summed E-state index contributed by atoms with van der Waals surface area (Å²) in [6.45, 7) is 0. The number of rotatable bonds is 5. The van der Waals surface area contributed by atoms with Crippen LogP contribution in [0, 0.1) is 0 Å². The molecule has 10 rings (SSSR count). The van der Waals surface area contributed by atoms with Crippen LogP contribution in [0.2, 0.25) is 0 Å². The van der Waals surface area contributed by atoms with Crippen LogP contribution in [0.4, 0.5) is 0 Å². The van der Waals surface area contributed by atoms with Crippen molar-refractivity contribution in [3.63, 3.8) is 0 Å². The normalized spacial score (nSPS) is 11.6. The van der Waals surface area contributed by atoms with Crippen LogP contribution in [0.1, 0.15) is 0 Å². The van der Waals surface area contributed by atoms with Gasteiger partial charge in [0.15, 0.2) is 17.5 Å². The van der Waals surface area contributed by atoms with E-state index in [2.05, 4.69) is 102 Å². The maximum atomic E-state index is 6.80. The molecule has 0 aliphatic carbocycles. The van der Waals surface area contributed by atoms with E-state index in [0.717, 1.165) is 66.5 Å². The number of nitrogens with zero attached hydrogens (tertiary/aromatic N) is 4. The highest BCUT2D eigenvalue weighted by molar-refractivity contribution is 6.21. The fourth-order valence-electron chi connectivity index (χ4n) is 7.25. The van der Waals surface area contributed by atoms with Gasteiger partial charge in [-0.25, -0.2) is 15.0 Å². The molecule has 234 valence electrons. The van der Waals surface area contributed by atoms with Gasteiger partial charge in [0, 0.05) is 49.5 Å². The average molecular weight is 641 g/mol. The zero-order chi connectivity index (χ0) is 33.0. The Hall–Kier alpha value is -6.85. The van der Waals surface area contributed by atoms with E-state index < -0.39 is 0 Å². The Morgan fingerprint density at radius 1 is 0.380 bits per heavy atom. The molecule has 3 heterocycles. The highest BCUT2D eigenvalue weighted by Gasteiger charge is 2.23. The Morgan fingerprint density at radius 2 is 0.940 bits per heavy atom. The molecular weight excluding hydrogens is 613 g/mol. The molecule has 5 heteroatoms. The largest absolute Gasteiger partial charge is 0.455 e. The van der Waals surface area contributed by atoms with Crippen LogP contribution in [0.15, 0.2) is 174 Å². The fourth-order valence-corrected chi connectivity index (χ4v) is 7.25. The molecule has 0 atom stereocenters. The number of benzene rings is 7. The first-order valence-corrected chi connectivity index (χ1v) is 16.7.